The van der Waals surface area contributed by atoms with Gasteiger partial charge in [-0.1, -0.05) is 128 Å². The van der Waals surface area contributed by atoms with Crippen LogP contribution in [0.1, 0.15) is 212 Å². The molecule has 0 aliphatic heterocycles. The molecule has 0 aromatic heterocycles. The van der Waals surface area contributed by atoms with Gasteiger partial charge in [0.15, 0.2) is 0 Å². The second-order valence-electron chi connectivity index (χ2n) is 18.3. The molecule has 0 aromatic rings. The van der Waals surface area contributed by atoms with Gasteiger partial charge in [0, 0.05) is 0 Å². The lowest BCUT2D eigenvalue weighted by Gasteiger charge is -2.11. The Balaban J connectivity index is 4.33. The minimum atomic E-state index is -5.11. The molecule has 0 saturated heterocycles. The molecule has 9 heteroatoms. The van der Waals surface area contributed by atoms with Gasteiger partial charge in [-0.2, -0.15) is 4.31 Å². The van der Waals surface area contributed by atoms with E-state index in [9.17, 15) is 14.0 Å². The molecule has 0 aliphatic rings. The zero-order valence-corrected chi connectivity index (χ0v) is 44.4. The topological polar surface area (TPSA) is 113 Å². The normalized spacial score (nSPS) is 16.3. The third-order valence-corrected chi connectivity index (χ3v) is 13.7. The van der Waals surface area contributed by atoms with Crippen molar-refractivity contribution in [2.24, 2.45) is 0 Å². The van der Waals surface area contributed by atoms with E-state index in [4.69, 9.17) is 9.79 Å². The Kier molecular flexibility index (Phi) is 35.0. The van der Waals surface area contributed by atoms with Gasteiger partial charge in [0.25, 0.3) is 0 Å². The van der Waals surface area contributed by atoms with Crippen LogP contribution < -0.4 is 0 Å². The number of phosphoric acid groups is 2. The SMILES string of the molecule is C/C=C(\C)CC/C=C(\C)CC/C=C(\C)CC/C=C(\C)CC/C=C(\C)CC/C(C)=C/CC/C(C)=C/CC/C(C)=C/CC/C(C)=C/CC/C(C)=C/CC/C(C)=C/COP(=O)(O)OP(=O)(O)O. The molecule has 1 unspecified atom stereocenters. The fourth-order valence-electron chi connectivity index (χ4n) is 6.91. The Bertz CT molecular complexity index is 1800. The predicted octanol–water partition coefficient (Wildman–Crippen LogP) is 18.4. The lowest BCUT2D eigenvalue weighted by atomic mass is 10.0. The van der Waals surface area contributed by atoms with Crippen molar-refractivity contribution in [3.8, 4) is 0 Å². The van der Waals surface area contributed by atoms with E-state index in [1.165, 1.54) is 68.6 Å². The summed E-state index contributed by atoms with van der Waals surface area (Å²) in [6, 6.07) is 0. The first kappa shape index (κ1) is 61.4. The molecule has 0 aliphatic carbocycles. The van der Waals surface area contributed by atoms with Crippen LogP contribution in [0.3, 0.4) is 0 Å². The molecule has 0 fully saturated rings. The Morgan fingerprint density at radius 3 is 0.766 bits per heavy atom. The van der Waals surface area contributed by atoms with Gasteiger partial charge < -0.3 is 14.7 Å². The van der Waals surface area contributed by atoms with Crippen molar-refractivity contribution in [1.29, 1.82) is 0 Å². The van der Waals surface area contributed by atoms with Crippen molar-refractivity contribution < 1.29 is 32.6 Å². The molecule has 0 rings (SSSR count). The molecule has 1 atom stereocenters. The number of hydrogen-bond acceptors (Lipinski definition) is 4. The van der Waals surface area contributed by atoms with Gasteiger partial charge in [-0.05, 0) is 212 Å². The average Bonchev–Trinajstić information content (AvgIpc) is 3.19. The average molecular weight is 927 g/mol. The van der Waals surface area contributed by atoms with E-state index >= 15 is 0 Å². The van der Waals surface area contributed by atoms with Crippen LogP contribution in [0.5, 0.6) is 0 Å². The molecule has 364 valence electrons. The van der Waals surface area contributed by atoms with Crippen LogP contribution in [0, 0.1) is 0 Å². The summed E-state index contributed by atoms with van der Waals surface area (Å²) in [4.78, 5) is 26.7. The van der Waals surface area contributed by atoms with E-state index in [-0.39, 0.29) is 6.61 Å². The molecular formula is C55H92O7P2. The molecule has 0 saturated carbocycles. The van der Waals surface area contributed by atoms with E-state index in [2.05, 4.69) is 146 Å². The maximum atomic E-state index is 11.5. The van der Waals surface area contributed by atoms with Crippen molar-refractivity contribution in [3.63, 3.8) is 0 Å². The smallest absolute Gasteiger partial charge is 0.302 e. The minimum absolute atomic E-state index is 0.274. The zero-order valence-electron chi connectivity index (χ0n) is 42.6. The summed E-state index contributed by atoms with van der Waals surface area (Å²) in [6.45, 7) is 26.3. The highest BCUT2D eigenvalue weighted by Gasteiger charge is 2.31. The molecule has 7 nitrogen and oxygen atoms in total. The first-order chi connectivity index (χ1) is 30.1. The third kappa shape index (κ3) is 39.7. The summed E-state index contributed by atoms with van der Waals surface area (Å²) in [5.74, 6) is 0. The van der Waals surface area contributed by atoms with Crippen molar-refractivity contribution >= 4 is 15.6 Å². The van der Waals surface area contributed by atoms with E-state index in [1.54, 1.807) is 6.08 Å². The Morgan fingerprint density at radius 1 is 0.344 bits per heavy atom. The quantitative estimate of drug-likeness (QED) is 0.0428. The van der Waals surface area contributed by atoms with E-state index < -0.39 is 15.6 Å². The van der Waals surface area contributed by atoms with Crippen LogP contribution in [0.15, 0.2) is 128 Å². The van der Waals surface area contributed by atoms with Crippen LogP contribution in [0.25, 0.3) is 0 Å². The summed E-state index contributed by atoms with van der Waals surface area (Å²) in [5.41, 5.74) is 15.7. The highest BCUT2D eigenvalue weighted by molar-refractivity contribution is 7.60. The van der Waals surface area contributed by atoms with Gasteiger partial charge in [0.1, 0.15) is 0 Å². The summed E-state index contributed by atoms with van der Waals surface area (Å²) in [6.07, 6.45) is 47.1. The molecule has 0 aromatic carbocycles. The maximum Gasteiger partial charge on any atom is 0.481 e. The van der Waals surface area contributed by atoms with Crippen molar-refractivity contribution in [3.05, 3.63) is 128 Å². The molecule has 0 bridgehead atoms. The van der Waals surface area contributed by atoms with Crippen LogP contribution in [-0.2, 0) is 18.0 Å². The highest BCUT2D eigenvalue weighted by atomic mass is 31.3. The largest absolute Gasteiger partial charge is 0.481 e. The Labute approximate surface area is 393 Å². The second-order valence-corrected chi connectivity index (χ2v) is 21.2. The highest BCUT2D eigenvalue weighted by Crippen LogP contribution is 2.57. The van der Waals surface area contributed by atoms with Gasteiger partial charge >= 0.3 is 15.6 Å². The van der Waals surface area contributed by atoms with Crippen molar-refractivity contribution in [2.75, 3.05) is 6.61 Å². The van der Waals surface area contributed by atoms with E-state index in [0.717, 1.165) is 121 Å². The Morgan fingerprint density at radius 2 is 0.547 bits per heavy atom. The minimum Gasteiger partial charge on any atom is -0.302 e. The molecule has 0 spiro atoms. The number of rotatable bonds is 35. The van der Waals surface area contributed by atoms with Crippen LogP contribution in [-0.4, -0.2) is 21.3 Å². The summed E-state index contributed by atoms with van der Waals surface area (Å²) >= 11 is 0. The standard InChI is InChI=1S/C55H92O7P2/c1-13-45(2)23-14-24-46(3)25-15-26-47(4)29-17-32-50(7)35-20-38-53(10)41-42-54(11)39-21-36-51(8)33-18-30-48(5)27-16-28-49(6)31-19-34-52(9)37-22-40-55(12)43-44-61-64(59,60)62-63(56,57)58/h13,24,26-27,31-33,37-39,43H,14-23,25,28-30,34-36,40-42,44H2,1-12H3,(H,59,60)(H2,56,57,58)/b45-13+,46-24+,47-26+,48-27+,49-31+,50-32+,51-33+,52-37+,53-38+,54-39+,55-43+. The molecular weight excluding hydrogens is 835 g/mol. The van der Waals surface area contributed by atoms with Gasteiger partial charge in [-0.15, -0.1) is 0 Å². The monoisotopic (exact) mass is 927 g/mol. The van der Waals surface area contributed by atoms with Crippen LogP contribution >= 0.6 is 15.6 Å². The van der Waals surface area contributed by atoms with Crippen molar-refractivity contribution in [1.82, 2.24) is 0 Å². The fraction of sp³-hybridized carbons (Fsp3) is 0.600. The van der Waals surface area contributed by atoms with Crippen LogP contribution in [0.4, 0.5) is 0 Å². The van der Waals surface area contributed by atoms with Gasteiger partial charge in [-0.3, -0.25) is 4.52 Å². The van der Waals surface area contributed by atoms with Gasteiger partial charge in [0.05, 0.1) is 6.61 Å². The number of hydrogen-bond donors (Lipinski definition) is 3. The molecule has 64 heavy (non-hydrogen) atoms. The molecule has 0 amide bonds. The lowest BCUT2D eigenvalue weighted by molar-refractivity contribution is 0.191. The number of phosphoric ester groups is 1. The first-order valence-electron chi connectivity index (χ1n) is 24.0. The van der Waals surface area contributed by atoms with E-state index in [0.29, 0.717) is 0 Å². The van der Waals surface area contributed by atoms with Gasteiger partial charge in [-0.25, -0.2) is 9.13 Å². The molecule has 0 radical (unpaired) electrons. The number of allylic oxidation sites excluding steroid dienone is 21. The van der Waals surface area contributed by atoms with E-state index in [1.807, 2.05) is 6.92 Å². The van der Waals surface area contributed by atoms with Crippen molar-refractivity contribution in [2.45, 2.75) is 212 Å². The predicted molar refractivity (Wildman–Crippen MR) is 278 cm³/mol. The van der Waals surface area contributed by atoms with Crippen LogP contribution in [0.2, 0.25) is 0 Å². The lowest BCUT2D eigenvalue weighted by Crippen LogP contribution is -1.94. The third-order valence-electron chi connectivity index (χ3n) is 11.6. The maximum absolute atomic E-state index is 11.5. The summed E-state index contributed by atoms with van der Waals surface area (Å²) in [7, 11) is -9.92. The zero-order chi connectivity index (χ0) is 48.4. The first-order valence-corrected chi connectivity index (χ1v) is 27.1. The molecule has 3 N–H and O–H groups in total. The molecule has 0 heterocycles. The van der Waals surface area contributed by atoms with Gasteiger partial charge in [0.2, 0.25) is 0 Å². The second kappa shape index (κ2) is 36.5. The summed E-state index contributed by atoms with van der Waals surface area (Å²) < 4.78 is 30.6. The summed E-state index contributed by atoms with van der Waals surface area (Å²) in [5, 5.41) is 0. The Hall–Kier alpha value is -2.60. The fourth-order valence-corrected chi connectivity index (χ4v) is 8.43.